The number of rotatable bonds is 3. The van der Waals surface area contributed by atoms with Crippen LogP contribution >= 0.6 is 22.9 Å². The Morgan fingerprint density at radius 2 is 2.19 bits per heavy atom. The molecule has 0 aliphatic carbocycles. The fraction of sp³-hybridized carbons (Fsp3) is 0.250. The van der Waals surface area contributed by atoms with Gasteiger partial charge in [0.1, 0.15) is 5.15 Å². The van der Waals surface area contributed by atoms with Gasteiger partial charge in [-0.15, -0.1) is 11.3 Å². The number of aryl methyl sites for hydroxylation is 1. The summed E-state index contributed by atoms with van der Waals surface area (Å²) in [5.41, 5.74) is 6.62. The molecule has 26 heavy (non-hydrogen) atoms. The summed E-state index contributed by atoms with van der Waals surface area (Å²) in [5, 5.41) is 0.501. The van der Waals surface area contributed by atoms with Gasteiger partial charge in [-0.05, 0) is 60.7 Å². The van der Waals surface area contributed by atoms with Crippen molar-refractivity contribution < 1.29 is 4.79 Å². The zero-order valence-corrected chi connectivity index (χ0v) is 16.0. The standard InChI is InChI=1S/C20H18ClN3OS/c1-13-7-15(10-22-19(13)21)8-16-3-2-6-24(20(16)25)11-14-4-5-18-17(9-14)23-12-26-18/h4-5,7-10,12H,2-3,6,11H2,1H3/b16-8+. The van der Waals surface area contributed by atoms with Gasteiger partial charge in [0.05, 0.1) is 15.7 Å². The highest BCUT2D eigenvalue weighted by Gasteiger charge is 2.23. The van der Waals surface area contributed by atoms with Gasteiger partial charge in [-0.1, -0.05) is 17.7 Å². The summed E-state index contributed by atoms with van der Waals surface area (Å²) in [6.07, 6.45) is 5.41. The molecule has 1 aliphatic heterocycles. The van der Waals surface area contributed by atoms with Crippen molar-refractivity contribution in [2.24, 2.45) is 0 Å². The van der Waals surface area contributed by atoms with Crippen molar-refractivity contribution in [3.05, 3.63) is 63.4 Å². The summed E-state index contributed by atoms with van der Waals surface area (Å²) in [5.74, 6) is 0.0993. The second kappa shape index (κ2) is 7.17. The summed E-state index contributed by atoms with van der Waals surface area (Å²) in [6, 6.07) is 8.20. The monoisotopic (exact) mass is 383 g/mol. The molecule has 4 nitrogen and oxygen atoms in total. The van der Waals surface area contributed by atoms with Crippen LogP contribution in [0.3, 0.4) is 0 Å². The minimum absolute atomic E-state index is 0.0993. The third kappa shape index (κ3) is 3.50. The fourth-order valence-corrected chi connectivity index (χ4v) is 4.00. The molecule has 3 heterocycles. The molecule has 1 amide bonds. The van der Waals surface area contributed by atoms with E-state index < -0.39 is 0 Å². The normalized spacial score (nSPS) is 16.6. The van der Waals surface area contributed by atoms with Crippen LogP contribution < -0.4 is 0 Å². The van der Waals surface area contributed by atoms with Crippen molar-refractivity contribution in [1.82, 2.24) is 14.9 Å². The molecule has 0 atom stereocenters. The molecule has 6 heteroatoms. The van der Waals surface area contributed by atoms with Crippen LogP contribution in [0.4, 0.5) is 0 Å². The Morgan fingerprint density at radius 3 is 3.04 bits per heavy atom. The highest BCUT2D eigenvalue weighted by atomic mass is 35.5. The number of hydrogen-bond donors (Lipinski definition) is 0. The van der Waals surface area contributed by atoms with E-state index in [1.165, 1.54) is 4.70 Å². The first-order chi connectivity index (χ1) is 12.6. The number of thiazole rings is 1. The first-order valence-electron chi connectivity index (χ1n) is 8.54. The molecule has 0 N–H and O–H groups in total. The van der Waals surface area contributed by atoms with Crippen LogP contribution in [0.5, 0.6) is 0 Å². The first-order valence-corrected chi connectivity index (χ1v) is 9.80. The number of nitrogens with zero attached hydrogens (tertiary/aromatic N) is 3. The summed E-state index contributed by atoms with van der Waals surface area (Å²) < 4.78 is 1.17. The van der Waals surface area contributed by atoms with Crippen molar-refractivity contribution in [3.8, 4) is 0 Å². The Morgan fingerprint density at radius 1 is 1.31 bits per heavy atom. The SMILES string of the molecule is Cc1cc(/C=C2\CCCN(Cc3ccc4scnc4c3)C2=O)cnc1Cl. The van der Waals surface area contributed by atoms with E-state index in [0.717, 1.165) is 47.2 Å². The number of fused-ring (bicyclic) bond motifs is 1. The van der Waals surface area contributed by atoms with Crippen LogP contribution in [-0.4, -0.2) is 27.3 Å². The molecule has 0 saturated carbocycles. The number of pyridine rings is 1. The van der Waals surface area contributed by atoms with Gasteiger partial charge in [-0.2, -0.15) is 0 Å². The Bertz CT molecular complexity index is 1010. The number of carbonyl (C=O) groups excluding carboxylic acids is 1. The van der Waals surface area contributed by atoms with E-state index in [1.54, 1.807) is 17.5 Å². The Hall–Kier alpha value is -2.24. The molecule has 1 aliphatic rings. The number of likely N-dealkylation sites (tertiary alicyclic amines) is 1. The molecule has 0 unspecified atom stereocenters. The van der Waals surface area contributed by atoms with E-state index >= 15 is 0 Å². The van der Waals surface area contributed by atoms with Crippen molar-refractivity contribution in [1.29, 1.82) is 0 Å². The van der Waals surface area contributed by atoms with Crippen molar-refractivity contribution in [2.75, 3.05) is 6.54 Å². The van der Waals surface area contributed by atoms with Crippen molar-refractivity contribution in [3.63, 3.8) is 0 Å². The minimum atomic E-state index is 0.0993. The number of aromatic nitrogens is 2. The summed E-state index contributed by atoms with van der Waals surface area (Å²) >= 11 is 7.62. The van der Waals surface area contributed by atoms with Gasteiger partial charge in [0.25, 0.3) is 0 Å². The predicted molar refractivity (Wildman–Crippen MR) is 106 cm³/mol. The van der Waals surface area contributed by atoms with E-state index in [1.807, 2.05) is 29.5 Å². The maximum absolute atomic E-state index is 12.9. The lowest BCUT2D eigenvalue weighted by atomic mass is 10.0. The summed E-state index contributed by atoms with van der Waals surface area (Å²) in [4.78, 5) is 23.3. The van der Waals surface area contributed by atoms with Crippen LogP contribution in [0, 0.1) is 6.92 Å². The van der Waals surface area contributed by atoms with Gasteiger partial charge in [0.2, 0.25) is 5.91 Å². The lowest BCUT2D eigenvalue weighted by Crippen LogP contribution is -2.36. The molecule has 0 bridgehead atoms. The third-order valence-electron chi connectivity index (χ3n) is 4.58. The lowest BCUT2D eigenvalue weighted by molar-refractivity contribution is -0.129. The highest BCUT2D eigenvalue weighted by molar-refractivity contribution is 7.16. The molecule has 0 radical (unpaired) electrons. The quantitative estimate of drug-likeness (QED) is 0.479. The number of carbonyl (C=O) groups is 1. The second-order valence-electron chi connectivity index (χ2n) is 6.53. The average Bonchev–Trinajstić information content (AvgIpc) is 3.09. The smallest absolute Gasteiger partial charge is 0.250 e. The van der Waals surface area contributed by atoms with Crippen molar-refractivity contribution in [2.45, 2.75) is 26.3 Å². The van der Waals surface area contributed by atoms with E-state index in [4.69, 9.17) is 11.6 Å². The molecule has 1 saturated heterocycles. The molecule has 132 valence electrons. The van der Waals surface area contributed by atoms with E-state index in [9.17, 15) is 4.79 Å². The maximum atomic E-state index is 12.9. The first kappa shape index (κ1) is 17.2. The zero-order valence-electron chi connectivity index (χ0n) is 14.4. The highest BCUT2D eigenvalue weighted by Crippen LogP contribution is 2.24. The number of halogens is 1. The maximum Gasteiger partial charge on any atom is 0.250 e. The molecular weight excluding hydrogens is 366 g/mol. The van der Waals surface area contributed by atoms with Gasteiger partial charge in [0.15, 0.2) is 0 Å². The molecule has 2 aromatic heterocycles. The average molecular weight is 384 g/mol. The molecule has 0 spiro atoms. The molecule has 3 aromatic rings. The number of amides is 1. The Kier molecular flexibility index (Phi) is 4.74. The van der Waals surface area contributed by atoms with Gasteiger partial charge in [0, 0.05) is 24.9 Å². The summed E-state index contributed by atoms with van der Waals surface area (Å²) in [6.45, 7) is 3.31. The van der Waals surface area contributed by atoms with Crippen LogP contribution in [0.25, 0.3) is 16.3 Å². The van der Waals surface area contributed by atoms with Gasteiger partial charge >= 0.3 is 0 Å². The molecule has 4 rings (SSSR count). The van der Waals surface area contributed by atoms with E-state index in [2.05, 4.69) is 28.2 Å². The lowest BCUT2D eigenvalue weighted by Gasteiger charge is -2.28. The topological polar surface area (TPSA) is 46.1 Å². The zero-order chi connectivity index (χ0) is 18.1. The molecule has 1 aromatic carbocycles. The second-order valence-corrected chi connectivity index (χ2v) is 7.77. The van der Waals surface area contributed by atoms with Gasteiger partial charge in [-0.25, -0.2) is 9.97 Å². The number of benzene rings is 1. The number of hydrogen-bond acceptors (Lipinski definition) is 4. The summed E-state index contributed by atoms with van der Waals surface area (Å²) in [7, 11) is 0. The molecule has 1 fully saturated rings. The van der Waals surface area contributed by atoms with E-state index in [-0.39, 0.29) is 5.91 Å². The Labute approximate surface area is 161 Å². The fourth-order valence-electron chi connectivity index (χ4n) is 3.24. The van der Waals surface area contributed by atoms with Crippen LogP contribution in [-0.2, 0) is 11.3 Å². The minimum Gasteiger partial charge on any atom is -0.335 e. The van der Waals surface area contributed by atoms with Gasteiger partial charge < -0.3 is 4.90 Å². The van der Waals surface area contributed by atoms with Gasteiger partial charge in [-0.3, -0.25) is 4.79 Å². The van der Waals surface area contributed by atoms with E-state index in [0.29, 0.717) is 11.7 Å². The van der Waals surface area contributed by atoms with Crippen LogP contribution in [0.2, 0.25) is 5.15 Å². The largest absolute Gasteiger partial charge is 0.335 e. The van der Waals surface area contributed by atoms with Crippen molar-refractivity contribution >= 4 is 45.1 Å². The van der Waals surface area contributed by atoms with Crippen LogP contribution in [0.1, 0.15) is 29.5 Å². The van der Waals surface area contributed by atoms with Crippen LogP contribution in [0.15, 0.2) is 41.5 Å². The number of piperidine rings is 1. The predicted octanol–water partition coefficient (Wildman–Crippen LogP) is 4.86. The molecular formula is C20H18ClN3OS. The Balaban J connectivity index is 1.55. The third-order valence-corrected chi connectivity index (χ3v) is 5.79.